The van der Waals surface area contributed by atoms with Crippen molar-refractivity contribution in [3.8, 4) is 0 Å². The molecule has 0 radical (unpaired) electrons. The third-order valence-electron chi connectivity index (χ3n) is 2.00. The van der Waals surface area contributed by atoms with Crippen LogP contribution in [0.1, 0.15) is 29.0 Å². The van der Waals surface area contributed by atoms with Gasteiger partial charge in [-0.15, -0.1) is 0 Å². The first-order chi connectivity index (χ1) is 6.60. The minimum atomic E-state index is -0.507. The standard InChI is InChI=1S/C9H12N2O3/c1-6-4-11(10-8(6)5-12)7(2)9(13)14-3/h4-5,7H,1-3H3. The minimum Gasteiger partial charge on any atom is -0.467 e. The average Bonchev–Trinajstić information content (AvgIpc) is 2.57. The summed E-state index contributed by atoms with van der Waals surface area (Å²) in [5, 5.41) is 3.94. The molecular weight excluding hydrogens is 184 g/mol. The van der Waals surface area contributed by atoms with Crippen molar-refractivity contribution in [1.82, 2.24) is 9.78 Å². The molecule has 14 heavy (non-hydrogen) atoms. The second-order valence-electron chi connectivity index (χ2n) is 2.99. The van der Waals surface area contributed by atoms with E-state index in [2.05, 4.69) is 9.84 Å². The third kappa shape index (κ3) is 1.81. The molecule has 0 fully saturated rings. The molecule has 0 N–H and O–H groups in total. The Morgan fingerprint density at radius 2 is 2.36 bits per heavy atom. The van der Waals surface area contributed by atoms with Gasteiger partial charge in [0.1, 0.15) is 11.7 Å². The van der Waals surface area contributed by atoms with Crippen molar-refractivity contribution in [3.05, 3.63) is 17.5 Å². The van der Waals surface area contributed by atoms with Gasteiger partial charge in [-0.05, 0) is 19.4 Å². The summed E-state index contributed by atoms with van der Waals surface area (Å²) in [4.78, 5) is 21.7. The fourth-order valence-electron chi connectivity index (χ4n) is 1.09. The lowest BCUT2D eigenvalue weighted by Crippen LogP contribution is -2.18. The number of carbonyl (C=O) groups excluding carboxylic acids is 2. The van der Waals surface area contributed by atoms with Crippen molar-refractivity contribution in [2.45, 2.75) is 19.9 Å². The molecule has 0 saturated carbocycles. The predicted octanol–water partition coefficient (Wildman–Crippen LogP) is 0.738. The summed E-state index contributed by atoms with van der Waals surface area (Å²) in [7, 11) is 1.32. The fourth-order valence-corrected chi connectivity index (χ4v) is 1.09. The van der Waals surface area contributed by atoms with Crippen LogP contribution in [0.3, 0.4) is 0 Å². The topological polar surface area (TPSA) is 61.2 Å². The highest BCUT2D eigenvalue weighted by atomic mass is 16.5. The summed E-state index contributed by atoms with van der Waals surface area (Å²) in [6, 6.07) is -0.507. The largest absolute Gasteiger partial charge is 0.467 e. The highest BCUT2D eigenvalue weighted by Crippen LogP contribution is 2.10. The van der Waals surface area contributed by atoms with Crippen LogP contribution in [-0.4, -0.2) is 29.1 Å². The minimum absolute atomic E-state index is 0.348. The quantitative estimate of drug-likeness (QED) is 0.528. The van der Waals surface area contributed by atoms with Gasteiger partial charge in [0.15, 0.2) is 6.29 Å². The number of aromatic nitrogens is 2. The molecule has 1 unspecified atom stereocenters. The van der Waals surface area contributed by atoms with E-state index in [1.165, 1.54) is 11.8 Å². The highest BCUT2D eigenvalue weighted by Gasteiger charge is 2.17. The lowest BCUT2D eigenvalue weighted by Gasteiger charge is -2.08. The monoisotopic (exact) mass is 196 g/mol. The smallest absolute Gasteiger partial charge is 0.330 e. The van der Waals surface area contributed by atoms with Gasteiger partial charge in [-0.2, -0.15) is 5.10 Å². The van der Waals surface area contributed by atoms with Gasteiger partial charge in [0.05, 0.1) is 7.11 Å². The maximum Gasteiger partial charge on any atom is 0.330 e. The molecule has 76 valence electrons. The van der Waals surface area contributed by atoms with Gasteiger partial charge in [0, 0.05) is 6.20 Å². The lowest BCUT2D eigenvalue weighted by molar-refractivity contribution is -0.144. The second kappa shape index (κ2) is 4.04. The maximum atomic E-state index is 11.1. The zero-order chi connectivity index (χ0) is 10.7. The summed E-state index contributed by atoms with van der Waals surface area (Å²) >= 11 is 0. The number of esters is 1. The first-order valence-electron chi connectivity index (χ1n) is 4.19. The predicted molar refractivity (Wildman–Crippen MR) is 49.1 cm³/mol. The van der Waals surface area contributed by atoms with Crippen LogP contribution in [0.15, 0.2) is 6.20 Å². The molecule has 0 aliphatic rings. The second-order valence-corrected chi connectivity index (χ2v) is 2.99. The Kier molecular flexibility index (Phi) is 3.01. The van der Waals surface area contributed by atoms with E-state index in [-0.39, 0.29) is 5.97 Å². The zero-order valence-electron chi connectivity index (χ0n) is 8.35. The number of hydrogen-bond acceptors (Lipinski definition) is 4. The molecule has 1 rings (SSSR count). The number of nitrogens with zero attached hydrogens (tertiary/aromatic N) is 2. The Hall–Kier alpha value is -1.65. The SMILES string of the molecule is COC(=O)C(C)n1cc(C)c(C=O)n1. The van der Waals surface area contributed by atoms with Crippen molar-refractivity contribution in [2.24, 2.45) is 0 Å². The molecule has 0 amide bonds. The molecule has 0 saturated heterocycles. The lowest BCUT2D eigenvalue weighted by atomic mass is 10.3. The van der Waals surface area contributed by atoms with Crippen molar-refractivity contribution in [2.75, 3.05) is 7.11 Å². The van der Waals surface area contributed by atoms with Crippen LogP contribution >= 0.6 is 0 Å². The molecule has 5 heteroatoms. The van der Waals surface area contributed by atoms with E-state index in [1.54, 1.807) is 20.0 Å². The van der Waals surface area contributed by atoms with E-state index in [1.807, 2.05) is 0 Å². The van der Waals surface area contributed by atoms with Gasteiger partial charge in [-0.3, -0.25) is 9.48 Å². The number of rotatable bonds is 3. The molecule has 0 aliphatic carbocycles. The van der Waals surface area contributed by atoms with Crippen LogP contribution in [0.4, 0.5) is 0 Å². The van der Waals surface area contributed by atoms with Gasteiger partial charge in [-0.1, -0.05) is 0 Å². The first-order valence-corrected chi connectivity index (χ1v) is 4.19. The number of carbonyl (C=O) groups is 2. The average molecular weight is 196 g/mol. The Morgan fingerprint density at radius 3 is 2.79 bits per heavy atom. The van der Waals surface area contributed by atoms with E-state index in [4.69, 9.17) is 0 Å². The van der Waals surface area contributed by atoms with E-state index >= 15 is 0 Å². The summed E-state index contributed by atoms with van der Waals surface area (Å²) < 4.78 is 5.98. The van der Waals surface area contributed by atoms with E-state index < -0.39 is 6.04 Å². The molecule has 1 aromatic heterocycles. The Morgan fingerprint density at radius 1 is 1.71 bits per heavy atom. The van der Waals surface area contributed by atoms with Crippen LogP contribution in [0, 0.1) is 6.92 Å². The summed E-state index contributed by atoms with van der Waals surface area (Å²) in [5.74, 6) is -0.384. The van der Waals surface area contributed by atoms with Crippen molar-refractivity contribution < 1.29 is 14.3 Å². The molecular formula is C9H12N2O3. The number of methoxy groups -OCH3 is 1. The molecule has 5 nitrogen and oxygen atoms in total. The van der Waals surface area contributed by atoms with E-state index in [0.717, 1.165) is 5.56 Å². The number of aryl methyl sites for hydroxylation is 1. The summed E-state index contributed by atoms with van der Waals surface area (Å²) in [6.45, 7) is 3.42. The van der Waals surface area contributed by atoms with Gasteiger partial charge in [0.2, 0.25) is 0 Å². The highest BCUT2D eigenvalue weighted by molar-refractivity contribution is 5.75. The zero-order valence-corrected chi connectivity index (χ0v) is 8.35. The van der Waals surface area contributed by atoms with Crippen molar-refractivity contribution >= 4 is 12.3 Å². The van der Waals surface area contributed by atoms with Crippen LogP contribution < -0.4 is 0 Å². The van der Waals surface area contributed by atoms with Gasteiger partial charge < -0.3 is 4.74 Å². The van der Waals surface area contributed by atoms with Gasteiger partial charge in [-0.25, -0.2) is 4.79 Å². The third-order valence-corrected chi connectivity index (χ3v) is 2.00. The Labute approximate surface area is 81.7 Å². The van der Waals surface area contributed by atoms with Crippen LogP contribution in [-0.2, 0) is 9.53 Å². The molecule has 0 spiro atoms. The molecule has 1 aromatic rings. The number of aldehydes is 1. The van der Waals surface area contributed by atoms with Gasteiger partial charge >= 0.3 is 5.97 Å². The number of hydrogen-bond donors (Lipinski definition) is 0. The Balaban J connectivity index is 2.96. The number of ether oxygens (including phenoxy) is 1. The van der Waals surface area contributed by atoms with E-state index in [9.17, 15) is 9.59 Å². The van der Waals surface area contributed by atoms with Crippen LogP contribution in [0.5, 0.6) is 0 Å². The summed E-state index contributed by atoms with van der Waals surface area (Å²) in [6.07, 6.45) is 2.31. The molecule has 0 aromatic carbocycles. The van der Waals surface area contributed by atoms with Gasteiger partial charge in [0.25, 0.3) is 0 Å². The van der Waals surface area contributed by atoms with Crippen LogP contribution in [0.2, 0.25) is 0 Å². The summed E-state index contributed by atoms with van der Waals surface area (Å²) in [5.41, 5.74) is 1.09. The van der Waals surface area contributed by atoms with E-state index in [0.29, 0.717) is 12.0 Å². The van der Waals surface area contributed by atoms with Crippen molar-refractivity contribution in [1.29, 1.82) is 0 Å². The normalized spacial score (nSPS) is 12.2. The fraction of sp³-hybridized carbons (Fsp3) is 0.444. The first kappa shape index (κ1) is 10.4. The van der Waals surface area contributed by atoms with Crippen LogP contribution in [0.25, 0.3) is 0 Å². The molecule has 1 heterocycles. The molecule has 0 aliphatic heterocycles. The molecule has 0 bridgehead atoms. The molecule has 1 atom stereocenters. The van der Waals surface area contributed by atoms with Crippen molar-refractivity contribution in [3.63, 3.8) is 0 Å². The maximum absolute atomic E-state index is 11.1. The Bertz CT molecular complexity index is 357.